The van der Waals surface area contributed by atoms with Gasteiger partial charge in [-0.15, -0.1) is 0 Å². The van der Waals surface area contributed by atoms with Crippen molar-refractivity contribution in [3.05, 3.63) is 35.9 Å². The van der Waals surface area contributed by atoms with Gasteiger partial charge in [-0.05, 0) is 19.9 Å². The van der Waals surface area contributed by atoms with Gasteiger partial charge < -0.3 is 15.2 Å². The van der Waals surface area contributed by atoms with E-state index in [0.29, 0.717) is 24.1 Å². The van der Waals surface area contributed by atoms with E-state index in [1.54, 1.807) is 6.07 Å². The summed E-state index contributed by atoms with van der Waals surface area (Å²) < 4.78 is 11.1. The molecule has 0 aliphatic heterocycles. The number of pyridine rings is 1. The lowest BCUT2D eigenvalue weighted by molar-refractivity contribution is 0.0635. The van der Waals surface area contributed by atoms with Gasteiger partial charge in [0, 0.05) is 23.6 Å². The molecular weight excluding hydrogens is 272 g/mol. The van der Waals surface area contributed by atoms with E-state index in [1.165, 1.54) is 0 Å². The Kier molecular flexibility index (Phi) is 4.87. The second-order valence-corrected chi connectivity index (χ2v) is 4.92. The first kappa shape index (κ1) is 14.7. The molecule has 106 valence electrons. The summed E-state index contributed by atoms with van der Waals surface area (Å²) in [5.41, 5.74) is 7.38. The van der Waals surface area contributed by atoms with Crippen molar-refractivity contribution < 1.29 is 9.47 Å². The second kappa shape index (κ2) is 6.63. The zero-order valence-corrected chi connectivity index (χ0v) is 12.4. The van der Waals surface area contributed by atoms with Crippen molar-refractivity contribution in [3.8, 4) is 5.88 Å². The average molecular weight is 290 g/mol. The molecule has 2 N–H and O–H groups in total. The van der Waals surface area contributed by atoms with Crippen molar-refractivity contribution in [1.82, 2.24) is 4.98 Å². The number of nitrogens with zero attached hydrogens (tertiary/aromatic N) is 1. The van der Waals surface area contributed by atoms with Gasteiger partial charge in [0.05, 0.1) is 12.1 Å². The molecule has 2 aromatic rings. The Morgan fingerprint density at radius 2 is 2.15 bits per heavy atom. The van der Waals surface area contributed by atoms with Crippen LogP contribution in [0.2, 0.25) is 0 Å². The molecule has 2 rings (SSSR count). The first-order valence-corrected chi connectivity index (χ1v) is 6.96. The molecule has 1 aromatic carbocycles. The predicted octanol–water partition coefficient (Wildman–Crippen LogP) is 2.67. The summed E-state index contributed by atoms with van der Waals surface area (Å²) in [5, 5.41) is 0.935. The Morgan fingerprint density at radius 3 is 2.85 bits per heavy atom. The van der Waals surface area contributed by atoms with E-state index in [1.807, 2.05) is 38.1 Å². The largest absolute Gasteiger partial charge is 0.472 e. The smallest absolute Gasteiger partial charge is 0.214 e. The molecule has 1 atom stereocenters. The Labute approximate surface area is 123 Å². The molecule has 1 aromatic heterocycles. The number of rotatable bonds is 6. The van der Waals surface area contributed by atoms with Crippen LogP contribution in [0.1, 0.15) is 19.4 Å². The summed E-state index contributed by atoms with van der Waals surface area (Å²) in [6, 6.07) is 9.50. The molecule has 1 unspecified atom stereocenters. The average Bonchev–Trinajstić information content (AvgIpc) is 2.44. The summed E-state index contributed by atoms with van der Waals surface area (Å²) in [5.74, 6) is 0.513. The number of benzene rings is 1. The molecule has 1 heterocycles. The number of para-hydroxylation sites is 1. The van der Waals surface area contributed by atoms with Crippen LogP contribution < -0.4 is 10.5 Å². The highest BCUT2D eigenvalue weighted by Crippen LogP contribution is 2.22. The molecule has 0 saturated heterocycles. The maximum absolute atomic E-state index is 5.78. The minimum absolute atomic E-state index is 0.0807. The van der Waals surface area contributed by atoms with E-state index in [4.69, 9.17) is 27.4 Å². The number of ether oxygens (including phenoxy) is 2. The molecule has 0 aliphatic rings. The third kappa shape index (κ3) is 3.43. The van der Waals surface area contributed by atoms with Crippen LogP contribution in [0, 0.1) is 0 Å². The van der Waals surface area contributed by atoms with E-state index >= 15 is 0 Å². The molecule has 0 bridgehead atoms. The van der Waals surface area contributed by atoms with Crippen molar-refractivity contribution in [2.24, 2.45) is 5.73 Å². The Hall–Kier alpha value is -1.72. The van der Waals surface area contributed by atoms with Gasteiger partial charge in [0.2, 0.25) is 5.88 Å². The van der Waals surface area contributed by atoms with E-state index < -0.39 is 0 Å². The molecule has 0 aliphatic carbocycles. The lowest BCUT2D eigenvalue weighted by Gasteiger charge is -2.15. The van der Waals surface area contributed by atoms with Crippen molar-refractivity contribution in [1.29, 1.82) is 0 Å². The number of aromatic nitrogens is 1. The van der Waals surface area contributed by atoms with E-state index in [0.717, 1.165) is 16.5 Å². The molecule has 0 saturated carbocycles. The quantitative estimate of drug-likeness (QED) is 0.829. The maximum Gasteiger partial charge on any atom is 0.214 e. The van der Waals surface area contributed by atoms with Gasteiger partial charge in [-0.3, -0.25) is 0 Å². The lowest BCUT2D eigenvalue weighted by Crippen LogP contribution is -2.20. The van der Waals surface area contributed by atoms with Crippen LogP contribution in [0.25, 0.3) is 10.9 Å². The number of thiocarbonyl (C=S) groups is 1. The standard InChI is InChI=1S/C15H18N2O2S/c1-3-18-9-10(2)19-14-8-12(15(16)20)11-6-4-5-7-13(11)17-14/h4-8,10H,3,9H2,1-2H3,(H2,16,20). The minimum atomic E-state index is -0.0807. The van der Waals surface area contributed by atoms with Crippen LogP contribution >= 0.6 is 12.2 Å². The first-order chi connectivity index (χ1) is 9.61. The van der Waals surface area contributed by atoms with Crippen LogP contribution in [0.15, 0.2) is 30.3 Å². The summed E-state index contributed by atoms with van der Waals surface area (Å²) in [6.45, 7) is 5.07. The van der Waals surface area contributed by atoms with Crippen LogP contribution in [0.4, 0.5) is 0 Å². The van der Waals surface area contributed by atoms with Crippen molar-refractivity contribution in [2.45, 2.75) is 20.0 Å². The fraction of sp³-hybridized carbons (Fsp3) is 0.333. The van der Waals surface area contributed by atoms with E-state index in [9.17, 15) is 0 Å². The van der Waals surface area contributed by atoms with Crippen LogP contribution in [0.3, 0.4) is 0 Å². The zero-order valence-electron chi connectivity index (χ0n) is 11.6. The lowest BCUT2D eigenvalue weighted by atomic mass is 10.1. The number of fused-ring (bicyclic) bond motifs is 1. The van der Waals surface area contributed by atoms with Crippen LogP contribution in [-0.2, 0) is 4.74 Å². The maximum atomic E-state index is 5.78. The van der Waals surface area contributed by atoms with Crippen LogP contribution in [0.5, 0.6) is 5.88 Å². The molecule has 20 heavy (non-hydrogen) atoms. The normalized spacial score (nSPS) is 12.3. The van der Waals surface area contributed by atoms with Gasteiger partial charge >= 0.3 is 0 Å². The fourth-order valence-corrected chi connectivity index (χ4v) is 2.11. The topological polar surface area (TPSA) is 57.4 Å². The Balaban J connectivity index is 2.32. The molecule has 0 spiro atoms. The number of hydrogen-bond acceptors (Lipinski definition) is 4. The number of hydrogen-bond donors (Lipinski definition) is 1. The Morgan fingerprint density at radius 1 is 1.40 bits per heavy atom. The highest BCUT2D eigenvalue weighted by Gasteiger charge is 2.11. The third-order valence-electron chi connectivity index (χ3n) is 2.84. The number of nitrogens with two attached hydrogens (primary N) is 1. The van der Waals surface area contributed by atoms with Crippen molar-refractivity contribution in [3.63, 3.8) is 0 Å². The van der Waals surface area contributed by atoms with Crippen molar-refractivity contribution >= 4 is 28.1 Å². The van der Waals surface area contributed by atoms with Gasteiger partial charge in [0.15, 0.2) is 0 Å². The summed E-state index contributed by atoms with van der Waals surface area (Å²) in [6.07, 6.45) is -0.0807. The highest BCUT2D eigenvalue weighted by atomic mass is 32.1. The van der Waals surface area contributed by atoms with Crippen LogP contribution in [-0.4, -0.2) is 29.3 Å². The van der Waals surface area contributed by atoms with Gasteiger partial charge in [-0.2, -0.15) is 0 Å². The SMILES string of the molecule is CCOCC(C)Oc1cc(C(N)=S)c2ccccc2n1. The summed E-state index contributed by atoms with van der Waals surface area (Å²) in [7, 11) is 0. The molecule has 0 fully saturated rings. The van der Waals surface area contributed by atoms with E-state index in [-0.39, 0.29) is 6.10 Å². The first-order valence-electron chi connectivity index (χ1n) is 6.55. The summed E-state index contributed by atoms with van der Waals surface area (Å²) in [4.78, 5) is 4.81. The highest BCUT2D eigenvalue weighted by molar-refractivity contribution is 7.80. The van der Waals surface area contributed by atoms with Gasteiger partial charge in [0.1, 0.15) is 11.1 Å². The molecule has 5 heteroatoms. The van der Waals surface area contributed by atoms with Gasteiger partial charge in [-0.1, -0.05) is 30.4 Å². The second-order valence-electron chi connectivity index (χ2n) is 4.48. The summed E-state index contributed by atoms with van der Waals surface area (Å²) >= 11 is 5.10. The minimum Gasteiger partial charge on any atom is -0.472 e. The Bertz CT molecular complexity index is 616. The predicted molar refractivity (Wildman–Crippen MR) is 84.2 cm³/mol. The fourth-order valence-electron chi connectivity index (χ4n) is 1.94. The zero-order chi connectivity index (χ0) is 14.5. The molecule has 4 nitrogen and oxygen atoms in total. The molecular formula is C15H18N2O2S. The van der Waals surface area contributed by atoms with Crippen molar-refractivity contribution in [2.75, 3.05) is 13.2 Å². The molecule has 0 radical (unpaired) electrons. The van der Waals surface area contributed by atoms with Gasteiger partial charge in [-0.25, -0.2) is 4.98 Å². The third-order valence-corrected chi connectivity index (χ3v) is 3.06. The van der Waals surface area contributed by atoms with Gasteiger partial charge in [0.25, 0.3) is 0 Å². The molecule has 0 amide bonds. The monoisotopic (exact) mass is 290 g/mol. The van der Waals surface area contributed by atoms with E-state index in [2.05, 4.69) is 4.98 Å².